The monoisotopic (exact) mass is 413 g/mol. The highest BCUT2D eigenvalue weighted by atomic mass is 16.2. The molecule has 1 amide bonds. The van der Waals surface area contributed by atoms with Gasteiger partial charge in [-0.25, -0.2) is 5.84 Å². The largest absolute Gasteiger partial charge is 0.304 e. The maximum Gasteiger partial charge on any atom is 0.268 e. The number of piperidine rings is 1. The Morgan fingerprint density at radius 3 is 2.20 bits per heavy atom. The molecule has 0 spiro atoms. The molecule has 2 heterocycles. The standard InChI is InChI=1S/C24H39N5O/c1-26-15-17-28(18-16-26)22-11-13-27(14-12-22)19-20-7-9-21(10-8-20)24(30)29(25)23-5-3-2-4-6-23/h7-10,22-23H,2-6,11-19,25H2,1H3. The number of hydrazine groups is 1. The molecular formula is C24H39N5O. The molecule has 3 fully saturated rings. The summed E-state index contributed by atoms with van der Waals surface area (Å²) < 4.78 is 0. The van der Waals surface area contributed by atoms with Gasteiger partial charge in [-0.2, -0.15) is 0 Å². The van der Waals surface area contributed by atoms with Crippen LogP contribution in [-0.2, 0) is 6.54 Å². The van der Waals surface area contributed by atoms with Gasteiger partial charge in [-0.05, 0) is 63.5 Å². The Kier molecular flexibility index (Phi) is 7.41. The lowest BCUT2D eigenvalue weighted by Crippen LogP contribution is -2.52. The summed E-state index contributed by atoms with van der Waals surface area (Å²) in [6.45, 7) is 8.13. The fourth-order valence-corrected chi connectivity index (χ4v) is 5.31. The smallest absolute Gasteiger partial charge is 0.268 e. The molecule has 30 heavy (non-hydrogen) atoms. The first-order chi connectivity index (χ1) is 14.6. The molecule has 6 heteroatoms. The lowest BCUT2D eigenvalue weighted by Gasteiger charge is -2.42. The van der Waals surface area contributed by atoms with Crippen LogP contribution in [0.2, 0.25) is 0 Å². The minimum Gasteiger partial charge on any atom is -0.304 e. The van der Waals surface area contributed by atoms with Crippen molar-refractivity contribution in [2.45, 2.75) is 63.6 Å². The Hall–Kier alpha value is -1.47. The maximum absolute atomic E-state index is 12.7. The van der Waals surface area contributed by atoms with Crippen LogP contribution >= 0.6 is 0 Å². The number of nitrogens with two attached hydrogens (primary N) is 1. The molecule has 0 radical (unpaired) electrons. The average molecular weight is 414 g/mol. The molecule has 3 aliphatic rings. The van der Waals surface area contributed by atoms with Gasteiger partial charge in [0.1, 0.15) is 0 Å². The molecule has 2 aliphatic heterocycles. The lowest BCUT2D eigenvalue weighted by molar-refractivity contribution is 0.0633. The number of carbonyl (C=O) groups excluding carboxylic acids is 1. The maximum atomic E-state index is 12.7. The molecule has 1 aromatic rings. The highest BCUT2D eigenvalue weighted by molar-refractivity contribution is 5.94. The number of rotatable bonds is 5. The quantitative estimate of drug-likeness (QED) is 0.457. The van der Waals surface area contributed by atoms with E-state index in [0.717, 1.165) is 38.5 Å². The van der Waals surface area contributed by atoms with Crippen molar-refractivity contribution in [2.24, 2.45) is 5.84 Å². The number of carbonyl (C=O) groups is 1. The predicted octanol–water partition coefficient (Wildman–Crippen LogP) is 2.55. The molecule has 0 unspecified atom stereocenters. The minimum atomic E-state index is -0.0403. The average Bonchev–Trinajstić information content (AvgIpc) is 2.80. The van der Waals surface area contributed by atoms with Gasteiger partial charge in [0.25, 0.3) is 5.91 Å². The van der Waals surface area contributed by atoms with E-state index in [9.17, 15) is 4.79 Å². The van der Waals surface area contributed by atoms with Crippen LogP contribution in [0.3, 0.4) is 0 Å². The third-order valence-electron chi connectivity index (χ3n) is 7.42. The second-order valence-corrected chi connectivity index (χ2v) is 9.55. The first-order valence-electron chi connectivity index (χ1n) is 11.9. The topological polar surface area (TPSA) is 56.0 Å². The second kappa shape index (κ2) is 10.2. The summed E-state index contributed by atoms with van der Waals surface area (Å²) in [7, 11) is 2.22. The van der Waals surface area contributed by atoms with E-state index in [1.807, 2.05) is 12.1 Å². The summed E-state index contributed by atoms with van der Waals surface area (Å²) in [5.74, 6) is 6.12. The van der Waals surface area contributed by atoms with Gasteiger partial charge < -0.3 is 4.90 Å². The molecule has 2 N–H and O–H groups in total. The fourth-order valence-electron chi connectivity index (χ4n) is 5.31. The van der Waals surface area contributed by atoms with Crippen molar-refractivity contribution in [1.29, 1.82) is 0 Å². The van der Waals surface area contributed by atoms with Crippen LogP contribution in [0.15, 0.2) is 24.3 Å². The Labute approximate surface area is 181 Å². The number of benzene rings is 1. The summed E-state index contributed by atoms with van der Waals surface area (Å²) in [5, 5.41) is 1.48. The van der Waals surface area contributed by atoms with E-state index in [-0.39, 0.29) is 11.9 Å². The van der Waals surface area contributed by atoms with Gasteiger partial charge in [-0.15, -0.1) is 0 Å². The molecular weight excluding hydrogens is 374 g/mol. The number of piperazine rings is 1. The van der Waals surface area contributed by atoms with Crippen molar-refractivity contribution in [3.05, 3.63) is 35.4 Å². The van der Waals surface area contributed by atoms with Crippen LogP contribution in [0.25, 0.3) is 0 Å². The first-order valence-corrected chi connectivity index (χ1v) is 11.9. The van der Waals surface area contributed by atoms with E-state index in [2.05, 4.69) is 33.9 Å². The number of hydrogen-bond acceptors (Lipinski definition) is 5. The highest BCUT2D eigenvalue weighted by Crippen LogP contribution is 2.23. The van der Waals surface area contributed by atoms with Crippen molar-refractivity contribution in [3.63, 3.8) is 0 Å². The van der Waals surface area contributed by atoms with Crippen LogP contribution in [0.1, 0.15) is 60.9 Å². The number of likely N-dealkylation sites (N-methyl/N-ethyl adjacent to an activating group) is 1. The number of amides is 1. The third-order valence-corrected chi connectivity index (χ3v) is 7.42. The Morgan fingerprint density at radius 1 is 0.933 bits per heavy atom. The molecule has 1 aliphatic carbocycles. The van der Waals surface area contributed by atoms with E-state index in [1.165, 1.54) is 68.9 Å². The Balaban J connectivity index is 1.24. The molecule has 6 nitrogen and oxygen atoms in total. The molecule has 0 atom stereocenters. The molecule has 1 saturated carbocycles. The Morgan fingerprint density at radius 2 is 1.57 bits per heavy atom. The molecule has 166 valence electrons. The van der Waals surface area contributed by atoms with Gasteiger partial charge in [-0.1, -0.05) is 31.4 Å². The van der Waals surface area contributed by atoms with Gasteiger partial charge in [0.05, 0.1) is 0 Å². The van der Waals surface area contributed by atoms with Gasteiger partial charge in [-0.3, -0.25) is 19.6 Å². The van der Waals surface area contributed by atoms with Crippen LogP contribution in [0.5, 0.6) is 0 Å². The first kappa shape index (κ1) is 21.8. The number of likely N-dealkylation sites (tertiary alicyclic amines) is 1. The van der Waals surface area contributed by atoms with E-state index in [0.29, 0.717) is 5.56 Å². The number of hydrogen-bond donors (Lipinski definition) is 1. The fraction of sp³-hybridized carbons (Fsp3) is 0.708. The van der Waals surface area contributed by atoms with E-state index in [4.69, 9.17) is 5.84 Å². The number of nitrogens with zero attached hydrogens (tertiary/aromatic N) is 4. The summed E-state index contributed by atoms with van der Waals surface area (Å²) in [6.07, 6.45) is 8.22. The molecule has 1 aromatic carbocycles. The van der Waals surface area contributed by atoms with E-state index < -0.39 is 0 Å². The van der Waals surface area contributed by atoms with Crippen LogP contribution < -0.4 is 5.84 Å². The predicted molar refractivity (Wildman–Crippen MR) is 121 cm³/mol. The Bertz CT molecular complexity index is 671. The minimum absolute atomic E-state index is 0.0403. The SMILES string of the molecule is CN1CCN(C2CCN(Cc3ccc(C(=O)N(N)C4CCCCC4)cc3)CC2)CC1. The zero-order valence-corrected chi connectivity index (χ0v) is 18.6. The van der Waals surface area contributed by atoms with Gasteiger partial charge in [0.15, 0.2) is 0 Å². The van der Waals surface area contributed by atoms with Crippen molar-refractivity contribution < 1.29 is 4.79 Å². The van der Waals surface area contributed by atoms with Crippen LogP contribution in [0, 0.1) is 0 Å². The van der Waals surface area contributed by atoms with Gasteiger partial charge >= 0.3 is 0 Å². The molecule has 0 bridgehead atoms. The highest BCUT2D eigenvalue weighted by Gasteiger charge is 2.27. The second-order valence-electron chi connectivity index (χ2n) is 9.55. The van der Waals surface area contributed by atoms with Crippen LogP contribution in [0.4, 0.5) is 0 Å². The van der Waals surface area contributed by atoms with E-state index >= 15 is 0 Å². The van der Waals surface area contributed by atoms with E-state index in [1.54, 1.807) is 0 Å². The normalized spacial score (nSPS) is 23.5. The summed E-state index contributed by atoms with van der Waals surface area (Å²) in [4.78, 5) is 20.4. The van der Waals surface area contributed by atoms with Crippen molar-refractivity contribution in [2.75, 3.05) is 46.3 Å². The summed E-state index contributed by atoms with van der Waals surface area (Å²) >= 11 is 0. The summed E-state index contributed by atoms with van der Waals surface area (Å²) in [5.41, 5.74) is 1.99. The zero-order valence-electron chi connectivity index (χ0n) is 18.6. The lowest BCUT2D eigenvalue weighted by atomic mass is 9.94. The van der Waals surface area contributed by atoms with Crippen molar-refractivity contribution in [1.82, 2.24) is 19.7 Å². The molecule has 0 aromatic heterocycles. The van der Waals surface area contributed by atoms with Gasteiger partial charge in [0, 0.05) is 50.4 Å². The van der Waals surface area contributed by atoms with Crippen molar-refractivity contribution >= 4 is 5.91 Å². The molecule has 2 saturated heterocycles. The zero-order chi connectivity index (χ0) is 20.9. The summed E-state index contributed by atoms with van der Waals surface area (Å²) in [6, 6.07) is 9.08. The molecule has 4 rings (SSSR count). The third kappa shape index (κ3) is 5.41. The van der Waals surface area contributed by atoms with Crippen molar-refractivity contribution in [3.8, 4) is 0 Å². The van der Waals surface area contributed by atoms with Crippen LogP contribution in [-0.4, -0.2) is 84.0 Å². The van der Waals surface area contributed by atoms with Gasteiger partial charge in [0.2, 0.25) is 0 Å².